The molecule has 0 heterocycles. The molecule has 76 valence electrons. The molecule has 0 aromatic rings. The summed E-state index contributed by atoms with van der Waals surface area (Å²) in [5.41, 5.74) is 0. The summed E-state index contributed by atoms with van der Waals surface area (Å²) in [6.45, 7) is 4.23. The van der Waals surface area contributed by atoms with Crippen molar-refractivity contribution < 1.29 is 0 Å². The molecule has 2 heteroatoms. The molecular formula is C11H20ClN. The molecule has 2 rings (SSSR count). The largest absolute Gasteiger partial charge is 0.315 e. The van der Waals surface area contributed by atoms with Gasteiger partial charge in [-0.05, 0) is 50.5 Å². The Morgan fingerprint density at radius 1 is 1.38 bits per heavy atom. The molecule has 0 radical (unpaired) electrons. The maximum absolute atomic E-state index is 5.88. The van der Waals surface area contributed by atoms with Crippen LogP contribution in [0.5, 0.6) is 0 Å². The zero-order valence-corrected chi connectivity index (χ0v) is 9.19. The number of rotatable bonds is 4. The molecule has 2 aliphatic carbocycles. The van der Waals surface area contributed by atoms with E-state index in [4.69, 9.17) is 11.6 Å². The third-order valence-electron chi connectivity index (χ3n) is 3.72. The Labute approximate surface area is 86.2 Å². The summed E-state index contributed by atoms with van der Waals surface area (Å²) >= 11 is 5.88. The van der Waals surface area contributed by atoms with Crippen LogP contribution in [0.4, 0.5) is 0 Å². The van der Waals surface area contributed by atoms with Gasteiger partial charge in [-0.15, -0.1) is 11.6 Å². The number of hydrogen-bond acceptors (Lipinski definition) is 1. The SMILES string of the molecule is CC(Cl)CNCC1CC2CCC1C2. The Kier molecular flexibility index (Phi) is 3.15. The van der Waals surface area contributed by atoms with Gasteiger partial charge in [-0.3, -0.25) is 0 Å². The van der Waals surface area contributed by atoms with E-state index in [1.54, 1.807) is 0 Å². The zero-order valence-electron chi connectivity index (χ0n) is 8.43. The van der Waals surface area contributed by atoms with Gasteiger partial charge in [0.15, 0.2) is 0 Å². The molecule has 13 heavy (non-hydrogen) atoms. The highest BCUT2D eigenvalue weighted by Crippen LogP contribution is 2.47. The second-order valence-corrected chi connectivity index (χ2v) is 5.62. The van der Waals surface area contributed by atoms with Crippen LogP contribution in [0.3, 0.4) is 0 Å². The Hall–Kier alpha value is 0.250. The van der Waals surface area contributed by atoms with E-state index < -0.39 is 0 Å². The lowest BCUT2D eigenvalue weighted by molar-refractivity contribution is 0.320. The first-order chi connectivity index (χ1) is 6.25. The molecular weight excluding hydrogens is 182 g/mol. The molecule has 4 unspecified atom stereocenters. The summed E-state index contributed by atoms with van der Waals surface area (Å²) in [7, 11) is 0. The smallest absolute Gasteiger partial charge is 0.0432 e. The number of alkyl halides is 1. The van der Waals surface area contributed by atoms with Crippen LogP contribution in [0.25, 0.3) is 0 Å². The van der Waals surface area contributed by atoms with E-state index in [1.807, 2.05) is 0 Å². The van der Waals surface area contributed by atoms with Crippen molar-refractivity contribution in [2.45, 2.75) is 38.0 Å². The highest BCUT2D eigenvalue weighted by molar-refractivity contribution is 6.20. The van der Waals surface area contributed by atoms with Crippen LogP contribution in [-0.2, 0) is 0 Å². The molecule has 1 N–H and O–H groups in total. The van der Waals surface area contributed by atoms with Crippen molar-refractivity contribution in [3.63, 3.8) is 0 Å². The Bertz CT molecular complexity index is 169. The van der Waals surface area contributed by atoms with Gasteiger partial charge in [0, 0.05) is 11.9 Å². The van der Waals surface area contributed by atoms with Gasteiger partial charge in [-0.25, -0.2) is 0 Å². The fraction of sp³-hybridized carbons (Fsp3) is 1.00. The molecule has 4 atom stereocenters. The van der Waals surface area contributed by atoms with Gasteiger partial charge >= 0.3 is 0 Å². The molecule has 0 saturated heterocycles. The predicted octanol–water partition coefficient (Wildman–Crippen LogP) is 2.64. The number of hydrogen-bond donors (Lipinski definition) is 1. The summed E-state index contributed by atoms with van der Waals surface area (Å²) in [6.07, 6.45) is 6.00. The molecule has 0 amide bonds. The Balaban J connectivity index is 1.66. The minimum absolute atomic E-state index is 0.276. The number of fused-ring (bicyclic) bond motifs is 2. The predicted molar refractivity (Wildman–Crippen MR) is 57.1 cm³/mol. The topological polar surface area (TPSA) is 12.0 Å². The molecule has 2 aliphatic rings. The molecule has 0 aliphatic heterocycles. The molecule has 2 bridgehead atoms. The summed E-state index contributed by atoms with van der Waals surface area (Å²) in [6, 6.07) is 0. The summed E-state index contributed by atoms with van der Waals surface area (Å²) in [4.78, 5) is 0. The summed E-state index contributed by atoms with van der Waals surface area (Å²) < 4.78 is 0. The fourth-order valence-electron chi connectivity index (χ4n) is 3.09. The van der Waals surface area contributed by atoms with Gasteiger partial charge in [-0.2, -0.15) is 0 Å². The van der Waals surface area contributed by atoms with Crippen molar-refractivity contribution in [1.82, 2.24) is 5.32 Å². The van der Waals surface area contributed by atoms with Crippen LogP contribution in [-0.4, -0.2) is 18.5 Å². The number of halogens is 1. The molecule has 2 saturated carbocycles. The fourth-order valence-corrected chi connectivity index (χ4v) is 3.20. The van der Waals surface area contributed by atoms with E-state index >= 15 is 0 Å². The second kappa shape index (κ2) is 4.18. The lowest BCUT2D eigenvalue weighted by Crippen LogP contribution is -2.30. The normalized spacial score (nSPS) is 39.7. The van der Waals surface area contributed by atoms with Gasteiger partial charge in [0.25, 0.3) is 0 Å². The first-order valence-electron chi connectivity index (χ1n) is 5.60. The van der Waals surface area contributed by atoms with E-state index in [9.17, 15) is 0 Å². The highest BCUT2D eigenvalue weighted by atomic mass is 35.5. The Morgan fingerprint density at radius 2 is 2.23 bits per heavy atom. The monoisotopic (exact) mass is 201 g/mol. The van der Waals surface area contributed by atoms with Gasteiger partial charge < -0.3 is 5.32 Å². The third kappa shape index (κ3) is 2.38. The van der Waals surface area contributed by atoms with Crippen molar-refractivity contribution in [3.8, 4) is 0 Å². The molecule has 1 nitrogen and oxygen atoms in total. The van der Waals surface area contributed by atoms with E-state index in [1.165, 1.54) is 32.2 Å². The Morgan fingerprint density at radius 3 is 2.77 bits per heavy atom. The van der Waals surface area contributed by atoms with Gasteiger partial charge in [0.1, 0.15) is 0 Å². The standard InChI is InChI=1S/C11H20ClN/c1-8(12)6-13-7-11-5-9-2-3-10(11)4-9/h8-11,13H,2-7H2,1H3. The van der Waals surface area contributed by atoms with Gasteiger partial charge in [-0.1, -0.05) is 6.42 Å². The van der Waals surface area contributed by atoms with Crippen LogP contribution in [0.1, 0.15) is 32.6 Å². The van der Waals surface area contributed by atoms with Crippen molar-refractivity contribution >= 4 is 11.6 Å². The quantitative estimate of drug-likeness (QED) is 0.690. The number of nitrogens with one attached hydrogen (secondary N) is 1. The second-order valence-electron chi connectivity index (χ2n) is 4.87. The molecule has 0 spiro atoms. The van der Waals surface area contributed by atoms with Crippen LogP contribution >= 0.6 is 11.6 Å². The lowest BCUT2D eigenvalue weighted by atomic mass is 9.89. The van der Waals surface area contributed by atoms with Crippen LogP contribution in [0, 0.1) is 17.8 Å². The lowest BCUT2D eigenvalue weighted by Gasteiger charge is -2.22. The van der Waals surface area contributed by atoms with Crippen molar-refractivity contribution in [3.05, 3.63) is 0 Å². The van der Waals surface area contributed by atoms with Crippen molar-refractivity contribution in [2.75, 3.05) is 13.1 Å². The average molecular weight is 202 g/mol. The maximum atomic E-state index is 5.88. The minimum atomic E-state index is 0.276. The molecule has 0 aromatic carbocycles. The maximum Gasteiger partial charge on any atom is 0.0432 e. The summed E-state index contributed by atoms with van der Waals surface area (Å²) in [5, 5.41) is 3.76. The average Bonchev–Trinajstić information content (AvgIpc) is 2.64. The first kappa shape index (κ1) is 9.79. The highest BCUT2D eigenvalue weighted by Gasteiger charge is 2.38. The van der Waals surface area contributed by atoms with Crippen LogP contribution < -0.4 is 5.32 Å². The third-order valence-corrected chi connectivity index (χ3v) is 3.87. The zero-order chi connectivity index (χ0) is 9.26. The van der Waals surface area contributed by atoms with E-state index in [0.717, 1.165) is 24.3 Å². The van der Waals surface area contributed by atoms with Crippen LogP contribution in [0.2, 0.25) is 0 Å². The van der Waals surface area contributed by atoms with Crippen molar-refractivity contribution in [1.29, 1.82) is 0 Å². The van der Waals surface area contributed by atoms with E-state index in [2.05, 4.69) is 12.2 Å². The summed E-state index contributed by atoms with van der Waals surface area (Å²) in [5.74, 6) is 3.09. The first-order valence-corrected chi connectivity index (χ1v) is 6.04. The van der Waals surface area contributed by atoms with E-state index in [0.29, 0.717) is 0 Å². The van der Waals surface area contributed by atoms with Gasteiger partial charge in [0.2, 0.25) is 0 Å². The van der Waals surface area contributed by atoms with E-state index in [-0.39, 0.29) is 5.38 Å². The van der Waals surface area contributed by atoms with Crippen molar-refractivity contribution in [2.24, 2.45) is 17.8 Å². The molecule has 2 fully saturated rings. The molecule has 0 aromatic heterocycles. The minimum Gasteiger partial charge on any atom is -0.315 e. The van der Waals surface area contributed by atoms with Crippen LogP contribution in [0.15, 0.2) is 0 Å². The van der Waals surface area contributed by atoms with Gasteiger partial charge in [0.05, 0.1) is 0 Å².